The summed E-state index contributed by atoms with van der Waals surface area (Å²) >= 11 is 5.98. The molecule has 3 aromatic rings. The lowest BCUT2D eigenvalue weighted by Gasteiger charge is -2.37. The van der Waals surface area contributed by atoms with Crippen molar-refractivity contribution in [2.75, 3.05) is 43.5 Å². The Balaban J connectivity index is 1.55. The van der Waals surface area contributed by atoms with Crippen LogP contribution in [0.25, 0.3) is 0 Å². The molecule has 0 aliphatic carbocycles. The highest BCUT2D eigenvalue weighted by atomic mass is 35.5. The zero-order valence-corrected chi connectivity index (χ0v) is 23.5. The molecule has 2 aromatic carbocycles. The first-order valence-electron chi connectivity index (χ1n) is 12.6. The van der Waals surface area contributed by atoms with Crippen LogP contribution < -0.4 is 20.5 Å². The lowest BCUT2D eigenvalue weighted by atomic mass is 10.1. The number of carbonyl (C=O) groups is 1. The number of halogens is 2. The van der Waals surface area contributed by atoms with E-state index in [0.717, 1.165) is 22.5 Å². The number of anilines is 3. The molecule has 11 heteroatoms. The number of nitrogens with one attached hydrogen (secondary N) is 1. The summed E-state index contributed by atoms with van der Waals surface area (Å²) in [4.78, 5) is 33.1. The number of methoxy groups -OCH3 is 1. The second-order valence-corrected chi connectivity index (χ2v) is 10.8. The number of benzene rings is 2. The van der Waals surface area contributed by atoms with Crippen LogP contribution >= 0.6 is 11.6 Å². The van der Waals surface area contributed by atoms with Crippen LogP contribution in [0.2, 0.25) is 5.02 Å². The number of carbonyl (C=O) groups excluding carboxylic acids is 1. The zero-order valence-electron chi connectivity index (χ0n) is 22.8. The van der Waals surface area contributed by atoms with Crippen LogP contribution in [0.1, 0.15) is 31.9 Å². The summed E-state index contributed by atoms with van der Waals surface area (Å²) < 4.78 is 26.1. The van der Waals surface area contributed by atoms with E-state index in [4.69, 9.17) is 21.1 Å². The zero-order chi connectivity index (χ0) is 28.3. The number of hydrogen-bond donors (Lipinski definition) is 1. The van der Waals surface area contributed by atoms with Gasteiger partial charge in [0, 0.05) is 37.6 Å². The van der Waals surface area contributed by atoms with Gasteiger partial charge in [-0.1, -0.05) is 23.7 Å². The minimum atomic E-state index is -0.537. The second-order valence-electron chi connectivity index (χ2n) is 10.4. The van der Waals surface area contributed by atoms with Gasteiger partial charge in [0.2, 0.25) is 11.7 Å². The van der Waals surface area contributed by atoms with Crippen molar-refractivity contribution in [1.29, 1.82) is 0 Å². The van der Waals surface area contributed by atoms with E-state index in [1.54, 1.807) is 21.7 Å². The second kappa shape index (κ2) is 11.5. The molecule has 9 nitrogen and oxygen atoms in total. The monoisotopic (exact) mass is 557 g/mol. The van der Waals surface area contributed by atoms with E-state index in [0.29, 0.717) is 32.1 Å². The van der Waals surface area contributed by atoms with Crippen molar-refractivity contribution >= 4 is 35.0 Å². The van der Waals surface area contributed by atoms with Crippen molar-refractivity contribution in [2.45, 2.75) is 39.8 Å². The molecule has 1 N–H and O–H groups in total. The first-order chi connectivity index (χ1) is 18.4. The maximum absolute atomic E-state index is 13.7. The number of nitrogens with zero attached hydrogens (tertiary/aromatic N) is 4. The predicted molar refractivity (Wildman–Crippen MR) is 150 cm³/mol. The molecule has 39 heavy (non-hydrogen) atoms. The van der Waals surface area contributed by atoms with E-state index >= 15 is 0 Å². The highest BCUT2D eigenvalue weighted by Crippen LogP contribution is 2.28. The predicted octanol–water partition coefficient (Wildman–Crippen LogP) is 5.20. The molecule has 0 atom stereocenters. The number of amides is 1. The fraction of sp³-hybridized carbons (Fsp3) is 0.393. The molecule has 0 spiro atoms. The lowest BCUT2D eigenvalue weighted by molar-refractivity contribution is 0.0240. The molecule has 0 radical (unpaired) electrons. The van der Waals surface area contributed by atoms with Gasteiger partial charge in [0.05, 0.1) is 24.9 Å². The molecule has 1 aliphatic rings. The minimum Gasteiger partial charge on any atom is -0.490 e. The number of aromatic nitrogens is 2. The molecular formula is C28H33ClFN5O4. The molecule has 1 aromatic heterocycles. The van der Waals surface area contributed by atoms with Crippen molar-refractivity contribution in [1.82, 2.24) is 14.5 Å². The molecule has 0 unspecified atom stereocenters. The molecule has 1 amide bonds. The van der Waals surface area contributed by atoms with Gasteiger partial charge in [-0.2, -0.15) is 4.98 Å². The van der Waals surface area contributed by atoms with Gasteiger partial charge >= 0.3 is 11.7 Å². The largest absolute Gasteiger partial charge is 0.490 e. The van der Waals surface area contributed by atoms with E-state index in [-0.39, 0.29) is 23.4 Å². The average Bonchev–Trinajstić information content (AvgIpc) is 2.88. The SMILES string of the molecule is COc1cn(Cc2ccc(F)c(Cl)c2)c(Nc2cc(N3CCN(C(=O)OC(C)(C)C)CC3)ccc2C)nc1=O. The van der Waals surface area contributed by atoms with E-state index in [9.17, 15) is 14.0 Å². The summed E-state index contributed by atoms with van der Waals surface area (Å²) in [5, 5.41) is 3.30. The van der Waals surface area contributed by atoms with Crippen LogP contribution in [0.4, 0.5) is 26.5 Å². The maximum Gasteiger partial charge on any atom is 0.410 e. The summed E-state index contributed by atoms with van der Waals surface area (Å²) in [6, 6.07) is 10.5. The summed E-state index contributed by atoms with van der Waals surface area (Å²) in [7, 11) is 1.40. The van der Waals surface area contributed by atoms with Gasteiger partial charge in [-0.05, 0) is 63.1 Å². The van der Waals surface area contributed by atoms with Crippen molar-refractivity contribution in [3.63, 3.8) is 0 Å². The van der Waals surface area contributed by atoms with Crippen LogP contribution in [-0.2, 0) is 11.3 Å². The van der Waals surface area contributed by atoms with Crippen LogP contribution in [0, 0.1) is 12.7 Å². The van der Waals surface area contributed by atoms with Crippen LogP contribution in [0.3, 0.4) is 0 Å². The van der Waals surface area contributed by atoms with Gasteiger partial charge in [0.15, 0.2) is 0 Å². The van der Waals surface area contributed by atoms with Gasteiger partial charge in [0.1, 0.15) is 11.4 Å². The molecule has 0 saturated carbocycles. The van der Waals surface area contributed by atoms with Crippen LogP contribution in [0.15, 0.2) is 47.4 Å². The Hall–Kier alpha value is -3.79. The van der Waals surface area contributed by atoms with Gasteiger partial charge in [-0.15, -0.1) is 0 Å². The van der Waals surface area contributed by atoms with Gasteiger partial charge in [-0.25, -0.2) is 9.18 Å². The summed E-state index contributed by atoms with van der Waals surface area (Å²) in [5.74, 6) is -0.118. The van der Waals surface area contributed by atoms with E-state index in [1.165, 1.54) is 19.2 Å². The molecule has 1 fully saturated rings. The Labute approximate surface area is 232 Å². The Kier molecular flexibility index (Phi) is 8.34. The summed E-state index contributed by atoms with van der Waals surface area (Å²) in [5.41, 5.74) is 2.37. The molecule has 208 valence electrons. The van der Waals surface area contributed by atoms with Crippen LogP contribution in [-0.4, -0.2) is 59.4 Å². The summed E-state index contributed by atoms with van der Waals surface area (Å²) in [6.07, 6.45) is 1.25. The lowest BCUT2D eigenvalue weighted by Crippen LogP contribution is -2.50. The van der Waals surface area contributed by atoms with Gasteiger partial charge in [-0.3, -0.25) is 4.79 Å². The van der Waals surface area contributed by atoms with Crippen molar-refractivity contribution in [3.05, 3.63) is 74.9 Å². The molecule has 1 aliphatic heterocycles. The fourth-order valence-electron chi connectivity index (χ4n) is 4.20. The van der Waals surface area contributed by atoms with Gasteiger partial charge < -0.3 is 29.2 Å². The fourth-order valence-corrected chi connectivity index (χ4v) is 4.41. The van der Waals surface area contributed by atoms with Gasteiger partial charge in [0.25, 0.3) is 0 Å². The highest BCUT2D eigenvalue weighted by Gasteiger charge is 2.26. The van der Waals surface area contributed by atoms with E-state index in [1.807, 2.05) is 45.9 Å². The van der Waals surface area contributed by atoms with Crippen molar-refractivity contribution < 1.29 is 18.7 Å². The Morgan fingerprint density at radius 2 is 1.85 bits per heavy atom. The number of aryl methyl sites for hydroxylation is 1. The minimum absolute atomic E-state index is 0.0123. The third-order valence-electron chi connectivity index (χ3n) is 6.28. The van der Waals surface area contributed by atoms with Crippen molar-refractivity contribution in [2.24, 2.45) is 0 Å². The first kappa shape index (κ1) is 28.2. The topological polar surface area (TPSA) is 88.9 Å². The van der Waals surface area contributed by atoms with Crippen LogP contribution in [0.5, 0.6) is 5.75 Å². The smallest absolute Gasteiger partial charge is 0.410 e. The van der Waals surface area contributed by atoms with E-state index < -0.39 is 17.0 Å². The molecule has 2 heterocycles. The number of rotatable bonds is 6. The number of ether oxygens (including phenoxy) is 2. The Bertz CT molecular complexity index is 1410. The standard InChI is InChI=1S/C28H33ClFN5O4/c1-18-6-8-20(33-10-12-34(13-11-33)27(37)39-28(2,3)4)15-23(18)31-26-32-25(36)24(38-5)17-35(26)16-19-7-9-22(30)21(29)14-19/h6-9,14-15,17H,10-13,16H2,1-5H3,(H,31,32,36). The quantitative estimate of drug-likeness (QED) is 0.445. The Morgan fingerprint density at radius 3 is 2.49 bits per heavy atom. The maximum atomic E-state index is 13.7. The third-order valence-corrected chi connectivity index (χ3v) is 6.57. The molecular weight excluding hydrogens is 525 g/mol. The average molecular weight is 558 g/mol. The number of piperazine rings is 1. The number of hydrogen-bond acceptors (Lipinski definition) is 7. The Morgan fingerprint density at radius 1 is 1.13 bits per heavy atom. The van der Waals surface area contributed by atoms with E-state index in [2.05, 4.69) is 15.2 Å². The molecule has 1 saturated heterocycles. The highest BCUT2D eigenvalue weighted by molar-refractivity contribution is 6.30. The third kappa shape index (κ3) is 7.00. The normalized spacial score (nSPS) is 13.8. The molecule has 0 bridgehead atoms. The molecule has 4 rings (SSSR count). The first-order valence-corrected chi connectivity index (χ1v) is 13.0. The summed E-state index contributed by atoms with van der Waals surface area (Å²) in [6.45, 7) is 10.2. The van der Waals surface area contributed by atoms with Crippen molar-refractivity contribution in [3.8, 4) is 5.75 Å².